The summed E-state index contributed by atoms with van der Waals surface area (Å²) in [4.78, 5) is 23.7. The molecule has 0 saturated carbocycles. The molecule has 0 aromatic carbocycles. The van der Waals surface area contributed by atoms with E-state index in [-0.39, 0.29) is 25.1 Å². The van der Waals surface area contributed by atoms with Crippen molar-refractivity contribution in [2.45, 2.75) is 78.1 Å². The maximum atomic E-state index is 12.3. The zero-order valence-corrected chi connectivity index (χ0v) is 17.2. The number of carboxylic acid groups (broad SMARTS) is 1. The number of carbonyl (C=O) groups is 2. The molecule has 1 unspecified atom stereocenters. The number of carbonyl (C=O) groups excluding carboxylic acids is 1. The van der Waals surface area contributed by atoms with Gasteiger partial charge in [-0.3, -0.25) is 4.79 Å². The molecule has 0 aromatic heterocycles. The lowest BCUT2D eigenvalue weighted by Gasteiger charge is -2.31. The first-order valence-electron chi connectivity index (χ1n) is 8.49. The SMILES string of the molecule is CCCC(CCS(=O)(=O)C(C)(C)C)(CNC(=O)OC(C)(C)C)C(=O)O. The van der Waals surface area contributed by atoms with Crippen LogP contribution in [0.3, 0.4) is 0 Å². The fourth-order valence-corrected chi connectivity index (χ4v) is 3.53. The molecule has 0 rings (SSSR count). The first-order chi connectivity index (χ1) is 11.1. The largest absolute Gasteiger partial charge is 0.481 e. The second kappa shape index (κ2) is 8.38. The van der Waals surface area contributed by atoms with Gasteiger partial charge in [0.2, 0.25) is 0 Å². The van der Waals surface area contributed by atoms with Crippen LogP contribution in [0.25, 0.3) is 0 Å². The third kappa shape index (κ3) is 7.63. The van der Waals surface area contributed by atoms with E-state index in [1.807, 2.05) is 6.92 Å². The summed E-state index contributed by atoms with van der Waals surface area (Å²) in [7, 11) is -3.46. The second-order valence-electron chi connectivity index (χ2n) is 8.37. The van der Waals surface area contributed by atoms with E-state index < -0.39 is 37.7 Å². The Kier molecular flexibility index (Phi) is 7.94. The topological polar surface area (TPSA) is 110 Å². The number of sulfone groups is 1. The van der Waals surface area contributed by atoms with Crippen LogP contribution in [0.1, 0.15) is 67.7 Å². The van der Waals surface area contributed by atoms with Crippen LogP contribution in [0, 0.1) is 5.41 Å². The van der Waals surface area contributed by atoms with Crippen LogP contribution in [0.4, 0.5) is 4.79 Å². The number of hydrogen-bond donors (Lipinski definition) is 2. The Bertz CT molecular complexity index is 571. The summed E-state index contributed by atoms with van der Waals surface area (Å²) in [5, 5.41) is 12.2. The number of rotatable bonds is 8. The molecule has 1 amide bonds. The Morgan fingerprint density at radius 2 is 1.56 bits per heavy atom. The van der Waals surface area contributed by atoms with Crippen LogP contribution in [0.5, 0.6) is 0 Å². The van der Waals surface area contributed by atoms with Crippen molar-refractivity contribution >= 4 is 21.9 Å². The minimum Gasteiger partial charge on any atom is -0.481 e. The van der Waals surface area contributed by atoms with Crippen molar-refractivity contribution in [3.05, 3.63) is 0 Å². The summed E-state index contributed by atoms with van der Waals surface area (Å²) in [5.41, 5.74) is -2.04. The van der Waals surface area contributed by atoms with Crippen molar-refractivity contribution in [3.8, 4) is 0 Å². The van der Waals surface area contributed by atoms with Crippen LogP contribution >= 0.6 is 0 Å². The Morgan fingerprint density at radius 1 is 1.04 bits per heavy atom. The number of aliphatic carboxylic acids is 1. The third-order valence-corrected chi connectivity index (χ3v) is 6.54. The van der Waals surface area contributed by atoms with Gasteiger partial charge < -0.3 is 15.2 Å². The summed E-state index contributed by atoms with van der Waals surface area (Å²) in [6.45, 7) is 11.5. The summed E-state index contributed by atoms with van der Waals surface area (Å²) in [5.74, 6) is -1.37. The van der Waals surface area contributed by atoms with Gasteiger partial charge in [-0.1, -0.05) is 13.3 Å². The molecule has 0 aliphatic rings. The van der Waals surface area contributed by atoms with Gasteiger partial charge in [0.15, 0.2) is 9.84 Å². The average Bonchev–Trinajstić information content (AvgIpc) is 2.38. The predicted molar refractivity (Wildman–Crippen MR) is 97.4 cm³/mol. The number of ether oxygens (including phenoxy) is 1. The maximum absolute atomic E-state index is 12.3. The Hall–Kier alpha value is -1.31. The van der Waals surface area contributed by atoms with E-state index in [9.17, 15) is 23.1 Å². The first kappa shape index (κ1) is 23.7. The molecule has 8 heteroatoms. The summed E-state index contributed by atoms with van der Waals surface area (Å²) < 4.78 is 28.9. The summed E-state index contributed by atoms with van der Waals surface area (Å²) >= 11 is 0. The lowest BCUT2D eigenvalue weighted by Crippen LogP contribution is -2.46. The minimum absolute atomic E-state index is 0.0639. The number of hydrogen-bond acceptors (Lipinski definition) is 5. The van der Waals surface area contributed by atoms with Gasteiger partial charge in [-0.25, -0.2) is 13.2 Å². The zero-order valence-electron chi connectivity index (χ0n) is 16.4. The molecule has 0 heterocycles. The molecule has 0 aliphatic heterocycles. The zero-order chi connectivity index (χ0) is 20.1. The van der Waals surface area contributed by atoms with Crippen molar-refractivity contribution < 1.29 is 27.9 Å². The lowest BCUT2D eigenvalue weighted by molar-refractivity contribution is -0.149. The third-order valence-electron chi connectivity index (χ3n) is 3.93. The second-order valence-corrected chi connectivity index (χ2v) is 11.2. The van der Waals surface area contributed by atoms with E-state index >= 15 is 0 Å². The highest BCUT2D eigenvalue weighted by Gasteiger charge is 2.41. The van der Waals surface area contributed by atoms with Gasteiger partial charge in [0, 0.05) is 6.54 Å². The molecule has 148 valence electrons. The summed E-state index contributed by atoms with van der Waals surface area (Å²) in [6, 6.07) is 0. The molecule has 0 radical (unpaired) electrons. The fraction of sp³-hybridized carbons (Fsp3) is 0.882. The van der Waals surface area contributed by atoms with Gasteiger partial charge in [-0.05, 0) is 54.4 Å². The summed E-state index contributed by atoms with van der Waals surface area (Å²) in [6.07, 6.45) is 0.0363. The molecule has 0 aromatic rings. The van der Waals surface area contributed by atoms with Gasteiger partial charge in [-0.15, -0.1) is 0 Å². The van der Waals surface area contributed by atoms with Crippen LogP contribution in [0.15, 0.2) is 0 Å². The smallest absolute Gasteiger partial charge is 0.407 e. The van der Waals surface area contributed by atoms with Crippen LogP contribution in [0.2, 0.25) is 0 Å². The molecular weight excluding hydrogens is 346 g/mol. The number of nitrogens with one attached hydrogen (secondary N) is 1. The first-order valence-corrected chi connectivity index (χ1v) is 10.1. The van der Waals surface area contributed by atoms with Gasteiger partial charge in [0.05, 0.1) is 15.9 Å². The Labute approximate surface area is 151 Å². The normalized spacial score (nSPS) is 15.3. The van der Waals surface area contributed by atoms with Crippen LogP contribution in [-0.2, 0) is 19.4 Å². The molecule has 0 aliphatic carbocycles. The number of amides is 1. The highest BCUT2D eigenvalue weighted by atomic mass is 32.2. The van der Waals surface area contributed by atoms with Crippen molar-refractivity contribution in [3.63, 3.8) is 0 Å². The van der Waals surface area contributed by atoms with Crippen LogP contribution in [-0.4, -0.2) is 48.2 Å². The Balaban J connectivity index is 5.27. The van der Waals surface area contributed by atoms with E-state index in [4.69, 9.17) is 4.74 Å². The monoisotopic (exact) mass is 379 g/mol. The Morgan fingerprint density at radius 3 is 1.92 bits per heavy atom. The van der Waals surface area contributed by atoms with Crippen molar-refractivity contribution in [1.82, 2.24) is 5.32 Å². The highest BCUT2D eigenvalue weighted by Crippen LogP contribution is 2.31. The van der Waals surface area contributed by atoms with Gasteiger partial charge >= 0.3 is 12.1 Å². The van der Waals surface area contributed by atoms with E-state index in [1.54, 1.807) is 41.5 Å². The average molecular weight is 380 g/mol. The standard InChI is InChI=1S/C17H33NO6S/c1-8-9-17(13(19)20,10-11-25(22,23)16(5,6)7)12-18-14(21)24-15(2,3)4/h8-12H2,1-7H3,(H,18,21)(H,19,20). The molecule has 2 N–H and O–H groups in total. The van der Waals surface area contributed by atoms with Gasteiger partial charge in [0.25, 0.3) is 0 Å². The molecule has 1 atom stereocenters. The maximum Gasteiger partial charge on any atom is 0.407 e. The molecular formula is C17H33NO6S. The van der Waals surface area contributed by atoms with Crippen molar-refractivity contribution in [2.75, 3.05) is 12.3 Å². The number of carboxylic acids is 1. The lowest BCUT2D eigenvalue weighted by atomic mass is 9.80. The van der Waals surface area contributed by atoms with Crippen molar-refractivity contribution in [2.24, 2.45) is 5.41 Å². The molecule has 25 heavy (non-hydrogen) atoms. The molecule has 0 spiro atoms. The molecule has 0 saturated heterocycles. The minimum atomic E-state index is -3.46. The fourth-order valence-electron chi connectivity index (χ4n) is 2.26. The van der Waals surface area contributed by atoms with E-state index in [0.717, 1.165) is 0 Å². The van der Waals surface area contributed by atoms with Crippen molar-refractivity contribution in [1.29, 1.82) is 0 Å². The quantitative estimate of drug-likeness (QED) is 0.671. The van der Waals surface area contributed by atoms with Gasteiger partial charge in [-0.2, -0.15) is 0 Å². The molecule has 7 nitrogen and oxygen atoms in total. The van der Waals surface area contributed by atoms with Gasteiger partial charge in [0.1, 0.15) is 5.60 Å². The highest BCUT2D eigenvalue weighted by molar-refractivity contribution is 7.92. The predicted octanol–water partition coefficient (Wildman–Crippen LogP) is 2.99. The number of alkyl carbamates (subject to hydrolysis) is 1. The van der Waals surface area contributed by atoms with Crippen LogP contribution < -0.4 is 5.32 Å². The molecule has 0 fully saturated rings. The van der Waals surface area contributed by atoms with E-state index in [0.29, 0.717) is 6.42 Å². The molecule has 0 bridgehead atoms. The van der Waals surface area contributed by atoms with E-state index in [2.05, 4.69) is 5.32 Å². The van der Waals surface area contributed by atoms with E-state index in [1.165, 1.54) is 0 Å².